The number of phenols is 1. The van der Waals surface area contributed by atoms with Crippen LogP contribution in [0.2, 0.25) is 0 Å². The first-order chi connectivity index (χ1) is 9.65. The van der Waals surface area contributed by atoms with Crippen molar-refractivity contribution >= 4 is 23.5 Å². The molecule has 6 heteroatoms. The van der Waals surface area contributed by atoms with Gasteiger partial charge in [-0.15, -0.1) is 0 Å². The molecule has 112 valence electrons. The maximum Gasteiger partial charge on any atom is 0.289 e. The summed E-state index contributed by atoms with van der Waals surface area (Å²) in [4.78, 5) is 0. The number of aromatic hydroxyl groups is 1. The zero-order chi connectivity index (χ0) is 14.5. The average molecular weight is 325 g/mol. The third-order valence-corrected chi connectivity index (χ3v) is 3.66. The molecule has 0 aliphatic carbocycles. The fourth-order valence-corrected chi connectivity index (χ4v) is 2.65. The van der Waals surface area contributed by atoms with E-state index in [-0.39, 0.29) is 18.2 Å². The highest BCUT2D eigenvalue weighted by atomic mass is 35.5. The molecule has 4 nitrogen and oxygen atoms in total. The largest absolute Gasteiger partial charge is 1.00 e. The molecule has 0 aliphatic heterocycles. The smallest absolute Gasteiger partial charge is 0.289 e. The molecular formula is C15H17ClN2O2S. The van der Waals surface area contributed by atoms with Crippen molar-refractivity contribution in [3.8, 4) is 11.5 Å². The second-order valence-corrected chi connectivity index (χ2v) is 5.37. The van der Waals surface area contributed by atoms with Gasteiger partial charge in [-0.25, -0.2) is 0 Å². The lowest BCUT2D eigenvalue weighted by Gasteiger charge is -2.05. The Morgan fingerprint density at radius 3 is 2.86 bits per heavy atom. The highest BCUT2D eigenvalue weighted by molar-refractivity contribution is 7.11. The molecule has 0 saturated carbocycles. The number of rotatable bonds is 5. The monoisotopic (exact) mass is 324 g/mol. The van der Waals surface area contributed by atoms with Crippen molar-refractivity contribution in [3.63, 3.8) is 0 Å². The highest BCUT2D eigenvalue weighted by Gasteiger charge is 2.14. The van der Waals surface area contributed by atoms with E-state index in [0.717, 1.165) is 10.0 Å². The fourth-order valence-electron chi connectivity index (χ4n) is 1.85. The number of ether oxygens (including phenoxy) is 1. The van der Waals surface area contributed by atoms with Crippen molar-refractivity contribution < 1.29 is 26.9 Å². The zero-order valence-corrected chi connectivity index (χ0v) is 13.5. The van der Waals surface area contributed by atoms with E-state index in [1.54, 1.807) is 36.7 Å². The molecule has 0 fully saturated rings. The van der Waals surface area contributed by atoms with Crippen LogP contribution in [-0.4, -0.2) is 17.3 Å². The quantitative estimate of drug-likeness (QED) is 0.613. The van der Waals surface area contributed by atoms with Gasteiger partial charge >= 0.3 is 0 Å². The number of aryl methyl sites for hydroxylation is 1. The minimum atomic E-state index is 0. The molecule has 21 heavy (non-hydrogen) atoms. The Labute approximate surface area is 134 Å². The molecule has 1 aromatic heterocycles. The second kappa shape index (κ2) is 7.81. The van der Waals surface area contributed by atoms with Gasteiger partial charge < -0.3 is 22.3 Å². The predicted octanol–water partition coefficient (Wildman–Crippen LogP) is -0.186. The number of phenolic OH excluding ortho intramolecular Hbond substituents is 1. The molecule has 0 radical (unpaired) electrons. The molecular weight excluding hydrogens is 308 g/mol. The van der Waals surface area contributed by atoms with Crippen LogP contribution in [0.5, 0.6) is 11.5 Å². The fraction of sp³-hybridized carbons (Fsp3) is 0.200. The van der Waals surface area contributed by atoms with Gasteiger partial charge in [-0.05, 0) is 42.5 Å². The Morgan fingerprint density at radius 1 is 1.43 bits per heavy atom. The lowest BCUT2D eigenvalue weighted by molar-refractivity contribution is -0.741. The van der Waals surface area contributed by atoms with Crippen LogP contribution in [0.4, 0.5) is 0 Å². The SMILES string of the molecule is C=CC[n+]1nc(C)sc1/C=C/c1c(O)cccc1OC.[Cl-]. The van der Waals surface area contributed by atoms with Crippen LogP contribution in [0, 0.1) is 6.92 Å². The summed E-state index contributed by atoms with van der Waals surface area (Å²) in [5, 5.41) is 16.3. The lowest BCUT2D eigenvalue weighted by atomic mass is 10.1. The molecule has 0 aliphatic rings. The summed E-state index contributed by atoms with van der Waals surface area (Å²) in [6.07, 6.45) is 5.56. The van der Waals surface area contributed by atoms with Crippen molar-refractivity contribution in [2.24, 2.45) is 0 Å². The molecule has 0 saturated heterocycles. The van der Waals surface area contributed by atoms with Gasteiger partial charge in [0.25, 0.3) is 5.01 Å². The predicted molar refractivity (Wildman–Crippen MR) is 80.8 cm³/mol. The molecule has 2 aromatic rings. The topological polar surface area (TPSA) is 46.2 Å². The van der Waals surface area contributed by atoms with E-state index < -0.39 is 0 Å². The molecule has 0 bridgehead atoms. The van der Waals surface area contributed by atoms with Crippen LogP contribution in [0.3, 0.4) is 0 Å². The van der Waals surface area contributed by atoms with E-state index in [1.807, 2.05) is 29.8 Å². The minimum absolute atomic E-state index is 0. The average Bonchev–Trinajstić information content (AvgIpc) is 2.77. The summed E-state index contributed by atoms with van der Waals surface area (Å²) >= 11 is 1.59. The Bertz CT molecular complexity index is 653. The van der Waals surface area contributed by atoms with E-state index in [2.05, 4.69) is 11.7 Å². The Kier molecular flexibility index (Phi) is 6.39. The molecule has 1 aromatic carbocycles. The van der Waals surface area contributed by atoms with E-state index >= 15 is 0 Å². The highest BCUT2D eigenvalue weighted by Crippen LogP contribution is 2.29. The van der Waals surface area contributed by atoms with E-state index in [0.29, 0.717) is 17.9 Å². The number of nitrogens with zero attached hydrogens (tertiary/aromatic N) is 2. The number of allylic oxidation sites excluding steroid dienone is 1. The summed E-state index contributed by atoms with van der Waals surface area (Å²) in [7, 11) is 1.58. The molecule has 0 atom stereocenters. The van der Waals surface area contributed by atoms with Gasteiger partial charge in [0, 0.05) is 11.2 Å². The number of hydrogen-bond acceptors (Lipinski definition) is 4. The van der Waals surface area contributed by atoms with Crippen LogP contribution in [0.1, 0.15) is 15.6 Å². The van der Waals surface area contributed by atoms with Gasteiger partial charge in [0.15, 0.2) is 11.6 Å². The van der Waals surface area contributed by atoms with Gasteiger partial charge in [-0.1, -0.05) is 17.3 Å². The molecule has 1 heterocycles. The van der Waals surface area contributed by atoms with Gasteiger partial charge in [0.2, 0.25) is 0 Å². The van der Waals surface area contributed by atoms with Crippen LogP contribution >= 0.6 is 11.3 Å². The second-order valence-electron chi connectivity index (χ2n) is 4.16. The molecule has 0 spiro atoms. The molecule has 2 rings (SSSR count). The molecule has 1 N–H and O–H groups in total. The van der Waals surface area contributed by atoms with Crippen LogP contribution in [-0.2, 0) is 6.54 Å². The maximum atomic E-state index is 9.91. The summed E-state index contributed by atoms with van der Waals surface area (Å²) in [5.74, 6) is 0.829. The third-order valence-electron chi connectivity index (χ3n) is 2.73. The first kappa shape index (κ1) is 17.2. The van der Waals surface area contributed by atoms with Gasteiger partial charge in [-0.2, -0.15) is 0 Å². The summed E-state index contributed by atoms with van der Waals surface area (Å²) in [5.41, 5.74) is 0.659. The third kappa shape index (κ3) is 4.06. The lowest BCUT2D eigenvalue weighted by Crippen LogP contribution is -3.00. The molecule has 0 amide bonds. The maximum absolute atomic E-state index is 9.91. The number of benzene rings is 1. The van der Waals surface area contributed by atoms with Crippen LogP contribution < -0.4 is 21.8 Å². The number of aromatic nitrogens is 2. The summed E-state index contributed by atoms with van der Waals surface area (Å²) < 4.78 is 7.12. The van der Waals surface area contributed by atoms with Gasteiger partial charge in [-0.3, -0.25) is 0 Å². The van der Waals surface area contributed by atoms with Gasteiger partial charge in [0.1, 0.15) is 11.5 Å². The van der Waals surface area contributed by atoms with Crippen molar-refractivity contribution in [1.29, 1.82) is 0 Å². The first-order valence-corrected chi connectivity index (χ1v) is 7.00. The van der Waals surface area contributed by atoms with Crippen molar-refractivity contribution in [2.75, 3.05) is 7.11 Å². The number of methoxy groups -OCH3 is 1. The summed E-state index contributed by atoms with van der Waals surface area (Å²) in [6, 6.07) is 5.20. The van der Waals surface area contributed by atoms with Crippen LogP contribution in [0.15, 0.2) is 30.9 Å². The molecule has 0 unspecified atom stereocenters. The Balaban J connectivity index is 0.00000220. The van der Waals surface area contributed by atoms with Crippen molar-refractivity contribution in [1.82, 2.24) is 5.10 Å². The van der Waals surface area contributed by atoms with E-state index in [1.165, 1.54) is 0 Å². The van der Waals surface area contributed by atoms with E-state index in [4.69, 9.17) is 4.74 Å². The number of hydrogen-bond donors (Lipinski definition) is 1. The first-order valence-electron chi connectivity index (χ1n) is 6.18. The van der Waals surface area contributed by atoms with Crippen molar-refractivity contribution in [2.45, 2.75) is 13.5 Å². The minimum Gasteiger partial charge on any atom is -1.00 e. The Morgan fingerprint density at radius 2 is 2.19 bits per heavy atom. The summed E-state index contributed by atoms with van der Waals surface area (Å²) in [6.45, 7) is 6.34. The zero-order valence-electron chi connectivity index (χ0n) is 11.9. The van der Waals surface area contributed by atoms with Crippen LogP contribution in [0.25, 0.3) is 12.2 Å². The standard InChI is InChI=1S/C15H16N2O2S.ClH/c1-4-10-17-15(20-11(2)16-17)9-8-12-13(18)6-5-7-14(12)19-3;/h4-9H,1,10H2,2-3H3;1H. The van der Waals surface area contributed by atoms with E-state index in [9.17, 15) is 5.11 Å². The normalized spacial score (nSPS) is 10.4. The van der Waals surface area contributed by atoms with Crippen molar-refractivity contribution in [3.05, 3.63) is 46.4 Å². The Hall–Kier alpha value is -1.85. The van der Waals surface area contributed by atoms with Gasteiger partial charge in [0.05, 0.1) is 12.7 Å². The number of halogens is 1.